The van der Waals surface area contributed by atoms with Crippen molar-refractivity contribution in [2.75, 3.05) is 20.3 Å². The van der Waals surface area contributed by atoms with Gasteiger partial charge in [0.1, 0.15) is 16.7 Å². The molecule has 0 amide bonds. The number of para-hydroxylation sites is 1. The van der Waals surface area contributed by atoms with Crippen molar-refractivity contribution < 1.29 is 23.0 Å². The van der Waals surface area contributed by atoms with Crippen molar-refractivity contribution in [1.82, 2.24) is 9.13 Å². The number of thiophene rings is 1. The molecule has 2 fully saturated rings. The van der Waals surface area contributed by atoms with E-state index in [1.54, 1.807) is 14.0 Å². The molecule has 11 heteroatoms. The molecule has 1 aromatic carbocycles. The van der Waals surface area contributed by atoms with Crippen LogP contribution in [0.4, 0.5) is 8.78 Å². The molecule has 1 atom stereocenters. The minimum absolute atomic E-state index is 0.0760. The topological polar surface area (TPSA) is 71.7 Å². The normalized spacial score (nSPS) is 19.4. The summed E-state index contributed by atoms with van der Waals surface area (Å²) in [6.45, 7) is 3.06. The Hall–Kier alpha value is -2.08. The molecule has 1 aliphatic carbocycles. The van der Waals surface area contributed by atoms with Crippen molar-refractivity contribution in [3.05, 3.63) is 60.0 Å². The highest BCUT2D eigenvalue weighted by atomic mass is 79.9. The number of hydrogen-bond acceptors (Lipinski definition) is 6. The number of alkyl halides is 2. The summed E-state index contributed by atoms with van der Waals surface area (Å²) in [6, 6.07) is 6.62. The van der Waals surface area contributed by atoms with Gasteiger partial charge in [-0.1, -0.05) is 18.2 Å². The zero-order valence-electron chi connectivity index (χ0n) is 20.0. The predicted molar refractivity (Wildman–Crippen MR) is 137 cm³/mol. The molecule has 1 saturated heterocycles. The van der Waals surface area contributed by atoms with E-state index in [-0.39, 0.29) is 12.6 Å². The van der Waals surface area contributed by atoms with Gasteiger partial charge < -0.3 is 14.2 Å². The van der Waals surface area contributed by atoms with Crippen LogP contribution < -0.4 is 16.0 Å². The van der Waals surface area contributed by atoms with Crippen LogP contribution in [-0.4, -0.2) is 41.5 Å². The lowest BCUT2D eigenvalue weighted by Gasteiger charge is -2.36. The van der Waals surface area contributed by atoms with Crippen LogP contribution in [0.2, 0.25) is 0 Å². The monoisotopic (exact) mass is 584 g/mol. The smallest absolute Gasteiger partial charge is 0.332 e. The van der Waals surface area contributed by atoms with Crippen molar-refractivity contribution in [1.29, 1.82) is 0 Å². The second kappa shape index (κ2) is 10.00. The quantitative estimate of drug-likeness (QED) is 0.381. The number of benzene rings is 1. The van der Waals surface area contributed by atoms with Crippen LogP contribution in [0.15, 0.2) is 37.6 Å². The summed E-state index contributed by atoms with van der Waals surface area (Å²) >= 11 is 4.78. The van der Waals surface area contributed by atoms with Crippen molar-refractivity contribution >= 4 is 37.5 Å². The Bertz CT molecular complexity index is 1390. The molecular weight excluding hydrogens is 558 g/mol. The van der Waals surface area contributed by atoms with E-state index in [0.717, 1.165) is 26.8 Å². The Morgan fingerprint density at radius 2 is 1.92 bits per heavy atom. The molecule has 194 valence electrons. The summed E-state index contributed by atoms with van der Waals surface area (Å²) in [5.74, 6) is -2.25. The van der Waals surface area contributed by atoms with Gasteiger partial charge in [-0.25, -0.2) is 13.6 Å². The zero-order valence-corrected chi connectivity index (χ0v) is 22.4. The lowest BCUT2D eigenvalue weighted by Crippen LogP contribution is -2.49. The summed E-state index contributed by atoms with van der Waals surface area (Å²) in [7, 11) is 1.57. The largest absolute Gasteiger partial charge is 0.496 e. The Labute approximate surface area is 218 Å². The highest BCUT2D eigenvalue weighted by Crippen LogP contribution is 2.45. The molecule has 7 nitrogen and oxygen atoms in total. The minimum atomic E-state index is -2.87. The van der Waals surface area contributed by atoms with E-state index in [2.05, 4.69) is 15.9 Å². The predicted octanol–water partition coefficient (Wildman–Crippen LogP) is 5.21. The average molecular weight is 585 g/mol. The van der Waals surface area contributed by atoms with Gasteiger partial charge in [0.2, 0.25) is 0 Å². The lowest BCUT2D eigenvalue weighted by molar-refractivity contribution is -0.106. The Morgan fingerprint density at radius 3 is 2.58 bits per heavy atom. The van der Waals surface area contributed by atoms with Gasteiger partial charge in [-0.15, -0.1) is 11.3 Å². The van der Waals surface area contributed by atoms with Crippen LogP contribution in [0.5, 0.6) is 5.75 Å². The number of hydrogen-bond donors (Lipinski definition) is 0. The first kappa shape index (κ1) is 25.6. The number of halogens is 3. The lowest BCUT2D eigenvalue weighted by atomic mass is 9.88. The van der Waals surface area contributed by atoms with Crippen molar-refractivity contribution in [2.45, 2.75) is 63.3 Å². The van der Waals surface area contributed by atoms with E-state index in [1.165, 1.54) is 15.9 Å². The van der Waals surface area contributed by atoms with Crippen LogP contribution in [0.25, 0.3) is 10.2 Å². The van der Waals surface area contributed by atoms with E-state index in [1.807, 2.05) is 24.3 Å². The number of ether oxygens (including phenoxy) is 3. The number of aryl methyl sites for hydroxylation is 1. The van der Waals surface area contributed by atoms with E-state index in [9.17, 15) is 18.4 Å². The minimum Gasteiger partial charge on any atom is -0.496 e. The third kappa shape index (κ3) is 4.66. The second-order valence-electron chi connectivity index (χ2n) is 9.35. The molecule has 5 rings (SSSR count). The summed E-state index contributed by atoms with van der Waals surface area (Å²) in [4.78, 5) is 27.6. The van der Waals surface area contributed by atoms with E-state index in [4.69, 9.17) is 14.2 Å². The van der Waals surface area contributed by atoms with Crippen LogP contribution in [-0.2, 0) is 16.0 Å². The zero-order chi connectivity index (χ0) is 25.6. The maximum Gasteiger partial charge on any atom is 0.332 e. The van der Waals surface area contributed by atoms with E-state index < -0.39 is 42.2 Å². The maximum atomic E-state index is 13.7. The first-order valence-electron chi connectivity index (χ1n) is 11.9. The highest BCUT2D eigenvalue weighted by molar-refractivity contribution is 9.11. The van der Waals surface area contributed by atoms with Gasteiger partial charge in [-0.2, -0.15) is 0 Å². The molecule has 2 aromatic heterocycles. The number of nitrogens with zero attached hydrogens (tertiary/aromatic N) is 2. The molecule has 3 heterocycles. The summed E-state index contributed by atoms with van der Waals surface area (Å²) in [5, 5.41) is 0.367. The van der Waals surface area contributed by atoms with E-state index in [0.29, 0.717) is 34.7 Å². The summed E-state index contributed by atoms with van der Waals surface area (Å²) < 4.78 is 48.3. The molecule has 36 heavy (non-hydrogen) atoms. The molecule has 1 saturated carbocycles. The molecule has 0 bridgehead atoms. The number of aromatic nitrogens is 2. The van der Waals surface area contributed by atoms with Crippen LogP contribution in [0.3, 0.4) is 0 Å². The average Bonchev–Trinajstić information content (AvgIpc) is 3.14. The fourth-order valence-corrected chi connectivity index (χ4v) is 6.68. The maximum absolute atomic E-state index is 13.7. The number of rotatable bonds is 7. The first-order chi connectivity index (χ1) is 17.2. The Morgan fingerprint density at radius 1 is 1.22 bits per heavy atom. The van der Waals surface area contributed by atoms with Gasteiger partial charge in [-0.3, -0.25) is 13.9 Å². The SMILES string of the molecule is COc1ccccc1C(Cn1c(=O)n(C2CC(F)(F)C2)c(=O)c2c(C)c(Br)sc21)OC1CCOCC1. The molecule has 0 spiro atoms. The van der Waals surface area contributed by atoms with Crippen molar-refractivity contribution in [3.8, 4) is 5.75 Å². The highest BCUT2D eigenvalue weighted by Gasteiger charge is 2.47. The molecule has 1 aliphatic heterocycles. The summed E-state index contributed by atoms with van der Waals surface area (Å²) in [6.07, 6.45) is -0.251. The Kier molecular flexibility index (Phi) is 7.10. The molecule has 1 unspecified atom stereocenters. The van der Waals surface area contributed by atoms with Gasteiger partial charge in [0.25, 0.3) is 11.5 Å². The second-order valence-corrected chi connectivity index (χ2v) is 11.7. The van der Waals surface area contributed by atoms with E-state index >= 15 is 0 Å². The first-order valence-corrected chi connectivity index (χ1v) is 13.5. The van der Waals surface area contributed by atoms with Gasteiger partial charge >= 0.3 is 5.69 Å². The van der Waals surface area contributed by atoms with Gasteiger partial charge in [-0.05, 0) is 47.3 Å². The molecular formula is C25H27BrF2N2O5S. The summed E-state index contributed by atoms with van der Waals surface area (Å²) in [5.41, 5.74) is 0.335. The van der Waals surface area contributed by atoms with Crippen LogP contribution in [0.1, 0.15) is 49.0 Å². The number of methoxy groups -OCH3 is 1. The van der Waals surface area contributed by atoms with Gasteiger partial charge in [0.15, 0.2) is 0 Å². The van der Waals surface area contributed by atoms with Crippen molar-refractivity contribution in [3.63, 3.8) is 0 Å². The Balaban J connectivity index is 1.64. The molecule has 0 N–H and O–H groups in total. The van der Waals surface area contributed by atoms with Crippen LogP contribution in [0, 0.1) is 6.92 Å². The molecule has 0 radical (unpaired) electrons. The standard InChI is InChI=1S/C25H27BrF2N2O5S/c1-14-20-22(31)30(15-11-25(27,28)12-15)24(32)29(23(20)36-21(14)26)13-19(35-16-7-9-34-10-8-16)17-5-3-4-6-18(17)33-2/h3-6,15-16,19H,7-13H2,1-2H3. The van der Waals surface area contributed by atoms with Crippen LogP contribution >= 0.6 is 27.3 Å². The fourth-order valence-electron chi connectivity index (χ4n) is 4.99. The fraction of sp³-hybridized carbons (Fsp3) is 0.520. The van der Waals surface area contributed by atoms with Crippen molar-refractivity contribution in [2.24, 2.45) is 0 Å². The molecule has 3 aromatic rings. The number of fused-ring (bicyclic) bond motifs is 1. The third-order valence-electron chi connectivity index (χ3n) is 6.98. The third-order valence-corrected chi connectivity index (χ3v) is 9.16. The van der Waals surface area contributed by atoms with Gasteiger partial charge in [0.05, 0.1) is 35.0 Å². The van der Waals surface area contributed by atoms with Gasteiger partial charge in [0, 0.05) is 31.6 Å². The molecule has 2 aliphatic rings.